The fraction of sp³-hybridized carbons (Fsp3) is 0.565. The van der Waals surface area contributed by atoms with Crippen LogP contribution in [0.4, 0.5) is 23.4 Å². The van der Waals surface area contributed by atoms with E-state index in [2.05, 4.69) is 77.4 Å². The number of hydrogen-bond acceptors (Lipinski definition) is 9. The molecule has 0 spiro atoms. The SMILES string of the molecule is CCN(CC)CCc1c(N)nc(NCc2cc(C(C)C)no2)nc1Nc1cc(C(C)C)[nH]n1. The molecule has 0 unspecified atom stereocenters. The van der Waals surface area contributed by atoms with Crippen LogP contribution in [0.3, 0.4) is 0 Å². The lowest BCUT2D eigenvalue weighted by atomic mass is 10.1. The highest BCUT2D eigenvalue weighted by molar-refractivity contribution is 5.64. The van der Waals surface area contributed by atoms with Gasteiger partial charge in [0.25, 0.3) is 0 Å². The number of nitrogens with zero attached hydrogens (tertiary/aromatic N) is 5. The van der Waals surface area contributed by atoms with Crippen LogP contribution in [-0.4, -0.2) is 49.9 Å². The van der Waals surface area contributed by atoms with Crippen LogP contribution in [0.5, 0.6) is 0 Å². The highest BCUT2D eigenvalue weighted by atomic mass is 16.5. The first kappa shape index (κ1) is 24.5. The van der Waals surface area contributed by atoms with Gasteiger partial charge in [0, 0.05) is 29.9 Å². The van der Waals surface area contributed by atoms with E-state index in [-0.39, 0.29) is 0 Å². The number of hydrogen-bond donors (Lipinski definition) is 4. The summed E-state index contributed by atoms with van der Waals surface area (Å²) in [5, 5.41) is 18.1. The van der Waals surface area contributed by atoms with Crippen molar-refractivity contribution in [2.24, 2.45) is 0 Å². The van der Waals surface area contributed by atoms with E-state index in [0.29, 0.717) is 41.8 Å². The van der Waals surface area contributed by atoms with Gasteiger partial charge in [-0.1, -0.05) is 46.7 Å². The second-order valence-electron chi connectivity index (χ2n) is 8.75. The molecule has 0 aliphatic rings. The van der Waals surface area contributed by atoms with Crippen molar-refractivity contribution in [3.63, 3.8) is 0 Å². The Hall–Kier alpha value is -3.14. The third-order valence-corrected chi connectivity index (χ3v) is 5.67. The normalized spacial score (nSPS) is 11.7. The van der Waals surface area contributed by atoms with Crippen molar-refractivity contribution in [2.75, 3.05) is 36.0 Å². The molecule has 0 bridgehead atoms. The van der Waals surface area contributed by atoms with Gasteiger partial charge < -0.3 is 25.8 Å². The van der Waals surface area contributed by atoms with E-state index in [1.54, 1.807) is 0 Å². The maximum absolute atomic E-state index is 6.40. The third kappa shape index (κ3) is 6.44. The van der Waals surface area contributed by atoms with Gasteiger partial charge in [0.15, 0.2) is 11.6 Å². The molecule has 0 aromatic carbocycles. The average molecular weight is 456 g/mol. The zero-order valence-corrected chi connectivity index (χ0v) is 20.6. The fourth-order valence-corrected chi connectivity index (χ4v) is 3.41. The van der Waals surface area contributed by atoms with Crippen LogP contribution in [0.2, 0.25) is 0 Å². The molecule has 0 saturated heterocycles. The van der Waals surface area contributed by atoms with Crippen molar-refractivity contribution in [2.45, 2.75) is 66.3 Å². The largest absolute Gasteiger partial charge is 0.383 e. The van der Waals surface area contributed by atoms with Gasteiger partial charge in [-0.25, -0.2) is 0 Å². The number of nitrogens with one attached hydrogen (secondary N) is 3. The molecule has 3 aromatic heterocycles. The maximum atomic E-state index is 6.40. The van der Waals surface area contributed by atoms with Crippen LogP contribution in [0.25, 0.3) is 0 Å². The minimum Gasteiger partial charge on any atom is -0.383 e. The molecule has 5 N–H and O–H groups in total. The minimum atomic E-state index is 0.305. The molecule has 0 amide bonds. The van der Waals surface area contributed by atoms with Crippen LogP contribution in [0, 0.1) is 0 Å². The number of nitrogen functional groups attached to an aromatic ring is 1. The summed E-state index contributed by atoms with van der Waals surface area (Å²) in [6.45, 7) is 15.9. The number of aromatic amines is 1. The van der Waals surface area contributed by atoms with Crippen molar-refractivity contribution in [1.29, 1.82) is 0 Å². The first-order chi connectivity index (χ1) is 15.8. The summed E-state index contributed by atoms with van der Waals surface area (Å²) in [5.41, 5.74) is 9.24. The number of nitrogens with two attached hydrogens (primary N) is 1. The molecular weight excluding hydrogens is 418 g/mol. The van der Waals surface area contributed by atoms with Crippen LogP contribution in [0.15, 0.2) is 16.7 Å². The highest BCUT2D eigenvalue weighted by Crippen LogP contribution is 2.26. The minimum absolute atomic E-state index is 0.305. The predicted octanol–water partition coefficient (Wildman–Crippen LogP) is 4.26. The summed E-state index contributed by atoms with van der Waals surface area (Å²) in [5.74, 6) is 3.59. The van der Waals surface area contributed by atoms with Gasteiger partial charge >= 0.3 is 0 Å². The molecule has 180 valence electrons. The first-order valence-corrected chi connectivity index (χ1v) is 11.7. The Bertz CT molecular complexity index is 1020. The number of likely N-dealkylation sites (N-methyl/N-ethyl adjacent to an activating group) is 1. The van der Waals surface area contributed by atoms with E-state index in [4.69, 9.17) is 15.2 Å². The molecule has 0 radical (unpaired) electrons. The number of H-pyrrole nitrogens is 1. The molecule has 0 fully saturated rings. The van der Waals surface area contributed by atoms with Crippen molar-refractivity contribution < 1.29 is 4.52 Å². The van der Waals surface area contributed by atoms with Gasteiger partial charge in [-0.3, -0.25) is 5.10 Å². The second kappa shape index (κ2) is 11.1. The Kier molecular flexibility index (Phi) is 8.26. The van der Waals surface area contributed by atoms with Gasteiger partial charge in [0.05, 0.1) is 12.2 Å². The van der Waals surface area contributed by atoms with Gasteiger partial charge in [0.2, 0.25) is 5.95 Å². The molecule has 0 atom stereocenters. The summed E-state index contributed by atoms with van der Waals surface area (Å²) in [6.07, 6.45) is 0.734. The van der Waals surface area contributed by atoms with Gasteiger partial charge in [0.1, 0.15) is 11.6 Å². The smallest absolute Gasteiger partial charge is 0.227 e. The summed E-state index contributed by atoms with van der Waals surface area (Å²) in [7, 11) is 0. The predicted molar refractivity (Wildman–Crippen MR) is 132 cm³/mol. The topological polar surface area (TPSA) is 134 Å². The van der Waals surface area contributed by atoms with Crippen molar-refractivity contribution in [1.82, 2.24) is 30.2 Å². The molecule has 33 heavy (non-hydrogen) atoms. The zero-order chi connectivity index (χ0) is 24.0. The molecule has 3 rings (SSSR count). The fourth-order valence-electron chi connectivity index (χ4n) is 3.41. The van der Waals surface area contributed by atoms with Crippen molar-refractivity contribution in [3.05, 3.63) is 34.8 Å². The number of aromatic nitrogens is 5. The molecule has 3 aromatic rings. The Morgan fingerprint density at radius 1 is 1.09 bits per heavy atom. The van der Waals surface area contributed by atoms with Crippen LogP contribution in [0.1, 0.15) is 76.1 Å². The number of rotatable bonds is 12. The van der Waals surface area contributed by atoms with E-state index >= 15 is 0 Å². The quantitative estimate of drug-likeness (QED) is 0.316. The molecule has 10 heteroatoms. The lowest BCUT2D eigenvalue weighted by molar-refractivity contribution is 0.308. The summed E-state index contributed by atoms with van der Waals surface area (Å²) in [6, 6.07) is 3.93. The Labute approximate surface area is 195 Å². The summed E-state index contributed by atoms with van der Waals surface area (Å²) < 4.78 is 5.41. The Morgan fingerprint density at radius 3 is 2.45 bits per heavy atom. The van der Waals surface area contributed by atoms with Crippen LogP contribution >= 0.6 is 0 Å². The first-order valence-electron chi connectivity index (χ1n) is 11.7. The monoisotopic (exact) mass is 455 g/mol. The molecule has 0 aliphatic carbocycles. The van der Waals surface area contributed by atoms with E-state index in [1.807, 2.05) is 12.1 Å². The van der Waals surface area contributed by atoms with E-state index in [9.17, 15) is 0 Å². The number of anilines is 4. The van der Waals surface area contributed by atoms with Gasteiger partial charge in [-0.2, -0.15) is 15.1 Å². The lowest BCUT2D eigenvalue weighted by Gasteiger charge is -2.20. The van der Waals surface area contributed by atoms with E-state index in [0.717, 1.165) is 48.8 Å². The Morgan fingerprint density at radius 2 is 1.85 bits per heavy atom. The standard InChI is InChI=1S/C23H37N9O/c1-7-32(8-2)10-9-17-21(24)27-23(25-13-16-11-19(15(5)6)31-33-16)28-22(17)26-20-12-18(14(3)4)29-30-20/h11-12,14-15H,7-10,13H2,1-6H3,(H5,24,25,26,27,28,29,30). The second-order valence-corrected chi connectivity index (χ2v) is 8.75. The highest BCUT2D eigenvalue weighted by Gasteiger charge is 2.16. The van der Waals surface area contributed by atoms with Crippen molar-refractivity contribution in [3.8, 4) is 0 Å². The Balaban J connectivity index is 1.83. The van der Waals surface area contributed by atoms with Crippen molar-refractivity contribution >= 4 is 23.4 Å². The van der Waals surface area contributed by atoms with E-state index < -0.39 is 0 Å². The lowest BCUT2D eigenvalue weighted by Crippen LogP contribution is -2.26. The molecule has 10 nitrogen and oxygen atoms in total. The van der Waals surface area contributed by atoms with Gasteiger partial charge in [-0.05, 0) is 31.3 Å². The van der Waals surface area contributed by atoms with Gasteiger partial charge in [-0.15, -0.1) is 0 Å². The average Bonchev–Trinajstić information content (AvgIpc) is 3.44. The summed E-state index contributed by atoms with van der Waals surface area (Å²) in [4.78, 5) is 11.6. The maximum Gasteiger partial charge on any atom is 0.227 e. The third-order valence-electron chi connectivity index (χ3n) is 5.67. The van der Waals surface area contributed by atoms with Crippen LogP contribution in [-0.2, 0) is 13.0 Å². The molecule has 0 saturated carbocycles. The molecule has 3 heterocycles. The zero-order valence-electron chi connectivity index (χ0n) is 20.6. The molecular formula is C23H37N9O. The summed E-state index contributed by atoms with van der Waals surface area (Å²) >= 11 is 0. The van der Waals surface area contributed by atoms with E-state index in [1.165, 1.54) is 0 Å². The molecule has 0 aliphatic heterocycles. The van der Waals surface area contributed by atoms with Crippen LogP contribution < -0.4 is 16.4 Å².